The first kappa shape index (κ1) is 24.3. The molecule has 0 fully saturated rings. The van der Waals surface area contributed by atoms with Crippen molar-refractivity contribution in [3.63, 3.8) is 0 Å². The summed E-state index contributed by atoms with van der Waals surface area (Å²) in [5.41, 5.74) is 3.88. The minimum Gasteiger partial charge on any atom is -0.496 e. The Kier molecular flexibility index (Phi) is 6.32. The molecule has 1 unspecified atom stereocenters. The Labute approximate surface area is 203 Å². The van der Waals surface area contributed by atoms with Crippen molar-refractivity contribution in [3.8, 4) is 5.75 Å². The maximum atomic E-state index is 13.0. The molecule has 2 heterocycles. The number of carbonyl (C=O) groups is 2. The highest BCUT2D eigenvalue weighted by atomic mass is 16.6. The van der Waals surface area contributed by atoms with E-state index >= 15 is 0 Å². The van der Waals surface area contributed by atoms with Crippen LogP contribution < -0.4 is 4.74 Å². The van der Waals surface area contributed by atoms with Crippen molar-refractivity contribution in [1.82, 2.24) is 9.55 Å². The third kappa shape index (κ3) is 4.73. The van der Waals surface area contributed by atoms with E-state index in [0.717, 1.165) is 16.5 Å². The average Bonchev–Trinajstić information content (AvgIpc) is 3.41. The van der Waals surface area contributed by atoms with Crippen molar-refractivity contribution in [1.29, 1.82) is 0 Å². The van der Waals surface area contributed by atoms with Gasteiger partial charge in [-0.1, -0.05) is 6.07 Å². The van der Waals surface area contributed by atoms with E-state index in [1.54, 1.807) is 13.3 Å². The van der Waals surface area contributed by atoms with Crippen molar-refractivity contribution < 1.29 is 28.2 Å². The van der Waals surface area contributed by atoms with Gasteiger partial charge >= 0.3 is 12.1 Å². The SMILES string of the molecule is COC(=O)CC(c1nc2cc(C)ccc2o1)c1c(OC)cc(C)c2c1ccn2C(=O)OC(C)(C)C. The summed E-state index contributed by atoms with van der Waals surface area (Å²) in [6, 6.07) is 9.39. The summed E-state index contributed by atoms with van der Waals surface area (Å²) >= 11 is 0. The molecule has 8 nitrogen and oxygen atoms in total. The predicted molar refractivity (Wildman–Crippen MR) is 132 cm³/mol. The van der Waals surface area contributed by atoms with E-state index in [-0.39, 0.29) is 6.42 Å². The Hall–Kier alpha value is -3.81. The number of carbonyl (C=O) groups excluding carboxylic acids is 2. The molecule has 4 aromatic rings. The van der Waals surface area contributed by atoms with E-state index in [9.17, 15) is 9.59 Å². The fourth-order valence-corrected chi connectivity index (χ4v) is 4.29. The van der Waals surface area contributed by atoms with Crippen LogP contribution in [0, 0.1) is 13.8 Å². The first-order valence-electron chi connectivity index (χ1n) is 11.4. The van der Waals surface area contributed by atoms with E-state index in [1.165, 1.54) is 11.7 Å². The molecule has 4 rings (SSSR count). The summed E-state index contributed by atoms with van der Waals surface area (Å²) < 4.78 is 23.9. The monoisotopic (exact) mass is 478 g/mol. The fraction of sp³-hybridized carbons (Fsp3) is 0.370. The minimum atomic E-state index is -0.652. The number of methoxy groups -OCH3 is 2. The predicted octanol–water partition coefficient (Wildman–Crippen LogP) is 5.89. The molecule has 0 spiro atoms. The molecule has 0 aliphatic carbocycles. The summed E-state index contributed by atoms with van der Waals surface area (Å²) in [5.74, 6) is -0.104. The van der Waals surface area contributed by atoms with Crippen LogP contribution in [0.2, 0.25) is 0 Å². The van der Waals surface area contributed by atoms with Crippen LogP contribution in [0.4, 0.5) is 4.79 Å². The van der Waals surface area contributed by atoms with Crippen LogP contribution in [0.5, 0.6) is 5.75 Å². The van der Waals surface area contributed by atoms with Crippen LogP contribution in [0.15, 0.2) is 40.9 Å². The van der Waals surface area contributed by atoms with Crippen molar-refractivity contribution in [3.05, 3.63) is 59.1 Å². The third-order valence-electron chi connectivity index (χ3n) is 5.78. The molecule has 0 saturated heterocycles. The Bertz CT molecular complexity index is 1420. The number of esters is 1. The summed E-state index contributed by atoms with van der Waals surface area (Å²) in [6.45, 7) is 9.33. The first-order valence-corrected chi connectivity index (χ1v) is 11.4. The van der Waals surface area contributed by atoms with Crippen molar-refractivity contribution in [2.45, 2.75) is 52.6 Å². The number of aromatic nitrogens is 2. The zero-order valence-corrected chi connectivity index (χ0v) is 21.1. The number of hydrogen-bond acceptors (Lipinski definition) is 7. The molecule has 0 radical (unpaired) electrons. The lowest BCUT2D eigenvalue weighted by Gasteiger charge is -2.21. The first-order chi connectivity index (χ1) is 16.5. The molecule has 2 aromatic heterocycles. The number of ether oxygens (including phenoxy) is 3. The van der Waals surface area contributed by atoms with Crippen LogP contribution in [-0.2, 0) is 14.3 Å². The molecular weight excluding hydrogens is 448 g/mol. The smallest absolute Gasteiger partial charge is 0.419 e. The van der Waals surface area contributed by atoms with Crippen LogP contribution in [0.1, 0.15) is 55.7 Å². The van der Waals surface area contributed by atoms with Gasteiger partial charge in [-0.05, 0) is 70.0 Å². The summed E-state index contributed by atoms with van der Waals surface area (Å²) in [6.07, 6.45) is 1.15. The molecule has 0 saturated carbocycles. The Morgan fingerprint density at radius 1 is 1.11 bits per heavy atom. The largest absolute Gasteiger partial charge is 0.496 e. The molecule has 1 atom stereocenters. The minimum absolute atomic E-state index is 0.0194. The van der Waals surface area contributed by atoms with Crippen molar-refractivity contribution >= 4 is 34.1 Å². The topological polar surface area (TPSA) is 92.8 Å². The van der Waals surface area contributed by atoms with Gasteiger partial charge in [0.15, 0.2) is 5.58 Å². The highest BCUT2D eigenvalue weighted by Gasteiger charge is 2.31. The van der Waals surface area contributed by atoms with Crippen molar-refractivity contribution in [2.75, 3.05) is 14.2 Å². The average molecular weight is 479 g/mol. The lowest BCUT2D eigenvalue weighted by atomic mass is 9.90. The highest BCUT2D eigenvalue weighted by Crippen LogP contribution is 2.42. The molecule has 184 valence electrons. The van der Waals surface area contributed by atoms with Gasteiger partial charge in [0.2, 0.25) is 5.89 Å². The van der Waals surface area contributed by atoms with Gasteiger partial charge in [0.25, 0.3) is 0 Å². The van der Waals surface area contributed by atoms with E-state index in [4.69, 9.17) is 23.6 Å². The van der Waals surface area contributed by atoms with E-state index in [2.05, 4.69) is 0 Å². The molecule has 35 heavy (non-hydrogen) atoms. The lowest BCUT2D eigenvalue weighted by Crippen LogP contribution is -2.26. The van der Waals surface area contributed by atoms with Gasteiger partial charge in [0, 0.05) is 17.1 Å². The normalized spacial score (nSPS) is 12.7. The van der Waals surface area contributed by atoms with Crippen molar-refractivity contribution in [2.24, 2.45) is 0 Å². The fourth-order valence-electron chi connectivity index (χ4n) is 4.29. The molecule has 0 amide bonds. The molecule has 8 heteroatoms. The quantitative estimate of drug-likeness (QED) is 0.330. The Morgan fingerprint density at radius 3 is 2.51 bits per heavy atom. The maximum Gasteiger partial charge on any atom is 0.419 e. The van der Waals surface area contributed by atoms with E-state index in [0.29, 0.717) is 33.8 Å². The number of rotatable bonds is 5. The van der Waals surface area contributed by atoms with Gasteiger partial charge in [-0.15, -0.1) is 0 Å². The third-order valence-corrected chi connectivity index (χ3v) is 5.78. The van der Waals surface area contributed by atoms with Crippen LogP contribution in [-0.4, -0.2) is 41.4 Å². The van der Waals surface area contributed by atoms with E-state index in [1.807, 2.05) is 65.0 Å². The van der Waals surface area contributed by atoms with E-state index < -0.39 is 23.6 Å². The second-order valence-electron chi connectivity index (χ2n) is 9.59. The van der Waals surface area contributed by atoms with Crippen LogP contribution in [0.25, 0.3) is 22.0 Å². The number of fused-ring (bicyclic) bond motifs is 2. The molecule has 0 N–H and O–H groups in total. The molecule has 0 bridgehead atoms. The summed E-state index contributed by atoms with van der Waals surface area (Å²) in [4.78, 5) is 30.2. The van der Waals surface area contributed by atoms with Gasteiger partial charge in [-0.25, -0.2) is 9.78 Å². The van der Waals surface area contributed by atoms with Crippen LogP contribution in [0.3, 0.4) is 0 Å². The zero-order valence-electron chi connectivity index (χ0n) is 21.1. The molecular formula is C27H30N2O6. The molecule has 0 aliphatic heterocycles. The number of oxazole rings is 1. The second-order valence-corrected chi connectivity index (χ2v) is 9.59. The van der Waals surface area contributed by atoms with Crippen LogP contribution >= 0.6 is 0 Å². The van der Waals surface area contributed by atoms with Gasteiger partial charge in [0.05, 0.1) is 32.1 Å². The number of benzene rings is 2. The number of nitrogens with zero attached hydrogens (tertiary/aromatic N) is 2. The summed E-state index contributed by atoms with van der Waals surface area (Å²) in [5, 5.41) is 0.736. The Balaban J connectivity index is 1.95. The number of aryl methyl sites for hydroxylation is 2. The Morgan fingerprint density at radius 2 is 1.86 bits per heavy atom. The maximum absolute atomic E-state index is 13.0. The zero-order chi connectivity index (χ0) is 25.5. The molecule has 0 aliphatic rings. The van der Waals surface area contributed by atoms with Gasteiger partial charge in [-0.3, -0.25) is 9.36 Å². The second kappa shape index (κ2) is 9.09. The highest BCUT2D eigenvalue weighted by molar-refractivity contribution is 5.96. The lowest BCUT2D eigenvalue weighted by molar-refractivity contribution is -0.140. The van der Waals surface area contributed by atoms with Gasteiger partial charge in [-0.2, -0.15) is 0 Å². The standard InChI is InChI=1S/C27H30N2O6/c1-15-8-9-20-19(12-15)28-25(34-20)18(14-22(30)33-7)23-17-10-11-29(26(31)35-27(3,4)5)24(17)16(2)13-21(23)32-6/h8-13,18H,14H2,1-7H3. The number of hydrogen-bond donors (Lipinski definition) is 0. The summed E-state index contributed by atoms with van der Waals surface area (Å²) in [7, 11) is 2.91. The molecule has 2 aromatic carbocycles. The van der Waals surface area contributed by atoms with Gasteiger partial charge in [0.1, 0.15) is 16.9 Å². The van der Waals surface area contributed by atoms with Gasteiger partial charge < -0.3 is 18.6 Å².